The highest BCUT2D eigenvalue weighted by Crippen LogP contribution is 2.53. The van der Waals surface area contributed by atoms with E-state index >= 15 is 4.39 Å². The zero-order valence-electron chi connectivity index (χ0n) is 22.8. The Labute approximate surface area is 229 Å². The maximum Gasteiger partial charge on any atom is 0.255 e. The van der Waals surface area contributed by atoms with E-state index < -0.39 is 92.2 Å². The number of amides is 2. The molecule has 1 aromatic rings. The van der Waals surface area contributed by atoms with Crippen LogP contribution in [0.25, 0.3) is 0 Å². The van der Waals surface area contributed by atoms with Crippen LogP contribution in [-0.4, -0.2) is 86.5 Å². The average molecular weight is 561 g/mol. The van der Waals surface area contributed by atoms with Crippen molar-refractivity contribution in [3.63, 3.8) is 0 Å². The van der Waals surface area contributed by atoms with E-state index in [9.17, 15) is 39.6 Å². The molecule has 3 aliphatic carbocycles. The summed E-state index contributed by atoms with van der Waals surface area (Å²) in [4.78, 5) is 53.1. The summed E-state index contributed by atoms with van der Waals surface area (Å²) in [6.45, 7) is 5.34. The second-order valence-corrected chi connectivity index (χ2v) is 11.7. The van der Waals surface area contributed by atoms with Crippen LogP contribution in [0.4, 0.5) is 10.1 Å². The van der Waals surface area contributed by atoms with Gasteiger partial charge in [-0.05, 0) is 59.2 Å². The lowest BCUT2D eigenvalue weighted by molar-refractivity contribution is -0.148. The van der Waals surface area contributed by atoms with Crippen LogP contribution < -0.4 is 16.4 Å². The van der Waals surface area contributed by atoms with Crippen LogP contribution in [0.2, 0.25) is 0 Å². The zero-order chi connectivity index (χ0) is 30.1. The number of nitrogens with zero attached hydrogens (tertiary/aromatic N) is 1. The van der Waals surface area contributed by atoms with Gasteiger partial charge in [0, 0.05) is 23.1 Å². The molecule has 0 radical (unpaired) electrons. The summed E-state index contributed by atoms with van der Waals surface area (Å²) in [5.41, 5.74) is 0.0996. The number of phenols is 1. The van der Waals surface area contributed by atoms with E-state index in [-0.39, 0.29) is 30.6 Å². The Morgan fingerprint density at radius 1 is 1.20 bits per heavy atom. The molecular formula is C27H33FN4O8. The number of allylic oxidation sites excluding steroid dienone is 1. The first-order chi connectivity index (χ1) is 18.4. The van der Waals surface area contributed by atoms with Gasteiger partial charge < -0.3 is 36.8 Å². The van der Waals surface area contributed by atoms with Crippen molar-refractivity contribution >= 4 is 29.1 Å². The van der Waals surface area contributed by atoms with Crippen molar-refractivity contribution < 1.29 is 44.0 Å². The maximum absolute atomic E-state index is 15.1. The van der Waals surface area contributed by atoms with Crippen LogP contribution in [0.5, 0.6) is 5.75 Å². The number of anilines is 1. The van der Waals surface area contributed by atoms with Crippen LogP contribution in [0.15, 0.2) is 28.7 Å². The van der Waals surface area contributed by atoms with Crippen LogP contribution in [0.3, 0.4) is 0 Å². The SMILES string of the molecule is CN(C)[C@@H]1C(O)=C(C(N)=O)C(=O)[C@@]2(O)C(O)=C3C(=O)c4c(O)cc(F)c(NC(=O)CNC(C)(C)C)c4C[C@H]3C[C@@H]12. The Balaban J connectivity index is 1.85. The molecule has 1 aromatic carbocycles. The fourth-order valence-electron chi connectivity index (χ4n) is 5.96. The van der Waals surface area contributed by atoms with Gasteiger partial charge >= 0.3 is 0 Å². The van der Waals surface area contributed by atoms with E-state index in [4.69, 9.17) is 5.73 Å². The molecule has 2 amide bonds. The first-order valence-corrected chi connectivity index (χ1v) is 12.7. The molecule has 4 rings (SSSR count). The molecule has 13 heteroatoms. The Kier molecular flexibility index (Phi) is 7.06. The van der Waals surface area contributed by atoms with Crippen molar-refractivity contribution in [2.24, 2.45) is 17.6 Å². The number of carbonyl (C=O) groups is 4. The second kappa shape index (κ2) is 9.68. The number of likely N-dealkylation sites (N-methyl/N-ethyl adjacent to an activating group) is 1. The standard InChI is InChI=1S/C27H33FN4O8/c1-26(2,3)30-9-15(34)31-19-11-6-10-7-12-20(32(4)5)22(36)18(25(29)39)24(38)27(12,40)23(37)16(10)21(35)17(11)14(33)8-13(19)28/h8,10,12,20,30,33,36-37,40H,6-7,9H2,1-5H3,(H2,29,39)(H,31,34)/t10-,12-,20-,27-/m0/s1. The lowest BCUT2D eigenvalue weighted by Crippen LogP contribution is -2.63. The van der Waals surface area contributed by atoms with Crippen molar-refractivity contribution in [1.82, 2.24) is 10.2 Å². The van der Waals surface area contributed by atoms with Gasteiger partial charge in [-0.3, -0.25) is 24.1 Å². The van der Waals surface area contributed by atoms with Gasteiger partial charge in [-0.25, -0.2) is 4.39 Å². The van der Waals surface area contributed by atoms with Gasteiger partial charge in [0.05, 0.1) is 23.8 Å². The summed E-state index contributed by atoms with van der Waals surface area (Å²) in [6, 6.07) is -0.504. The monoisotopic (exact) mass is 560 g/mol. The number of primary amides is 1. The number of rotatable bonds is 5. The number of nitrogens with one attached hydrogen (secondary N) is 2. The Morgan fingerprint density at radius 3 is 2.38 bits per heavy atom. The normalized spacial score (nSPS) is 26.4. The lowest BCUT2D eigenvalue weighted by atomic mass is 9.58. The van der Waals surface area contributed by atoms with Crippen molar-refractivity contribution in [1.29, 1.82) is 0 Å². The number of nitrogens with two attached hydrogens (primary N) is 1. The zero-order valence-corrected chi connectivity index (χ0v) is 22.8. The molecule has 8 N–H and O–H groups in total. The average Bonchev–Trinajstić information content (AvgIpc) is 2.81. The number of Topliss-reactive ketones (excluding diaryl/α,β-unsaturated/α-hetero) is 2. The third-order valence-electron chi connectivity index (χ3n) is 7.72. The number of carbonyl (C=O) groups excluding carboxylic acids is 4. The third kappa shape index (κ3) is 4.43. The lowest BCUT2D eigenvalue weighted by Gasteiger charge is -2.50. The quantitative estimate of drug-likeness (QED) is 0.197. The Bertz CT molecular complexity index is 1410. The molecule has 40 heavy (non-hydrogen) atoms. The highest BCUT2D eigenvalue weighted by Gasteiger charge is 2.63. The largest absolute Gasteiger partial charge is 0.510 e. The summed E-state index contributed by atoms with van der Waals surface area (Å²) in [5, 5.41) is 49.7. The molecule has 0 heterocycles. The number of ketones is 2. The first-order valence-electron chi connectivity index (χ1n) is 12.7. The molecule has 0 fully saturated rings. The minimum atomic E-state index is -2.78. The van der Waals surface area contributed by atoms with E-state index in [0.717, 1.165) is 0 Å². The van der Waals surface area contributed by atoms with E-state index in [0.29, 0.717) is 6.07 Å². The first kappa shape index (κ1) is 29.2. The molecule has 3 aliphatic rings. The number of aliphatic hydroxyl groups excluding tert-OH is 2. The molecule has 4 atom stereocenters. The second-order valence-electron chi connectivity index (χ2n) is 11.7. The number of aromatic hydroxyl groups is 1. The van der Waals surface area contributed by atoms with Gasteiger partial charge in [0.1, 0.15) is 22.8 Å². The number of benzene rings is 1. The third-order valence-corrected chi connectivity index (χ3v) is 7.72. The minimum absolute atomic E-state index is 0.0141. The van der Waals surface area contributed by atoms with Gasteiger partial charge in [0.25, 0.3) is 5.91 Å². The van der Waals surface area contributed by atoms with Crippen molar-refractivity contribution in [3.05, 3.63) is 45.7 Å². The molecule has 0 saturated carbocycles. The summed E-state index contributed by atoms with van der Waals surface area (Å²) < 4.78 is 15.1. The number of hydrogen-bond donors (Lipinski definition) is 7. The number of phenolic OH excluding ortho intramolecular Hbond substituents is 1. The van der Waals surface area contributed by atoms with E-state index in [1.807, 2.05) is 20.8 Å². The molecule has 216 valence electrons. The van der Waals surface area contributed by atoms with Crippen LogP contribution in [0.1, 0.15) is 43.1 Å². The van der Waals surface area contributed by atoms with Gasteiger partial charge in [0.15, 0.2) is 17.2 Å². The van der Waals surface area contributed by atoms with Gasteiger partial charge in [0.2, 0.25) is 11.7 Å². The number of aliphatic hydroxyl groups is 3. The summed E-state index contributed by atoms with van der Waals surface area (Å²) in [5.74, 6) is -9.86. The predicted octanol–water partition coefficient (Wildman–Crippen LogP) is 0.586. The molecular weight excluding hydrogens is 527 g/mol. The molecule has 0 aromatic heterocycles. The van der Waals surface area contributed by atoms with E-state index in [1.54, 1.807) is 0 Å². The Morgan fingerprint density at radius 2 is 1.82 bits per heavy atom. The fraction of sp³-hybridized carbons (Fsp3) is 0.481. The maximum atomic E-state index is 15.1. The van der Waals surface area contributed by atoms with Crippen LogP contribution >= 0.6 is 0 Å². The Hall–Kier alpha value is -3.81. The topological polar surface area (TPSA) is 203 Å². The van der Waals surface area contributed by atoms with E-state index in [2.05, 4.69) is 10.6 Å². The van der Waals surface area contributed by atoms with Gasteiger partial charge in [-0.1, -0.05) is 0 Å². The highest BCUT2D eigenvalue weighted by molar-refractivity contribution is 6.25. The van der Waals surface area contributed by atoms with Crippen molar-refractivity contribution in [2.75, 3.05) is 26.0 Å². The minimum Gasteiger partial charge on any atom is -0.510 e. The molecule has 0 saturated heterocycles. The molecule has 0 bridgehead atoms. The van der Waals surface area contributed by atoms with Gasteiger partial charge in [-0.15, -0.1) is 0 Å². The summed E-state index contributed by atoms with van der Waals surface area (Å²) >= 11 is 0. The smallest absolute Gasteiger partial charge is 0.255 e. The predicted molar refractivity (Wildman–Crippen MR) is 140 cm³/mol. The summed E-state index contributed by atoms with van der Waals surface area (Å²) in [7, 11) is 3.03. The van der Waals surface area contributed by atoms with Crippen LogP contribution in [0, 0.1) is 17.7 Å². The highest BCUT2D eigenvalue weighted by atomic mass is 19.1. The molecule has 0 aliphatic heterocycles. The van der Waals surface area contributed by atoms with E-state index in [1.165, 1.54) is 19.0 Å². The van der Waals surface area contributed by atoms with Gasteiger partial charge in [-0.2, -0.15) is 0 Å². The molecule has 0 unspecified atom stereocenters. The van der Waals surface area contributed by atoms with Crippen LogP contribution in [-0.2, 0) is 20.8 Å². The molecule has 0 spiro atoms. The number of halogens is 1. The fourth-order valence-corrected chi connectivity index (χ4v) is 5.96. The number of fused-ring (bicyclic) bond motifs is 3. The summed E-state index contributed by atoms with van der Waals surface area (Å²) in [6.07, 6.45) is -0.329. The number of hydrogen-bond acceptors (Lipinski definition) is 10. The molecule has 12 nitrogen and oxygen atoms in total. The van der Waals surface area contributed by atoms with Crippen molar-refractivity contribution in [3.8, 4) is 5.75 Å². The van der Waals surface area contributed by atoms with Crippen molar-refractivity contribution in [2.45, 2.75) is 50.8 Å².